The Hall–Kier alpha value is -0.680. The van der Waals surface area contributed by atoms with Gasteiger partial charge in [0.1, 0.15) is 0 Å². The number of tetrazole rings is 1. The van der Waals surface area contributed by atoms with Crippen LogP contribution in [0.1, 0.15) is 25.6 Å². The van der Waals surface area contributed by atoms with Gasteiger partial charge in [0.15, 0.2) is 5.82 Å². The molecule has 14 heavy (non-hydrogen) atoms. The van der Waals surface area contributed by atoms with Gasteiger partial charge in [-0.25, -0.2) is 0 Å². The second-order valence-corrected chi connectivity index (χ2v) is 3.54. The van der Waals surface area contributed by atoms with Gasteiger partial charge >= 0.3 is 0 Å². The van der Waals surface area contributed by atoms with E-state index in [9.17, 15) is 0 Å². The van der Waals surface area contributed by atoms with Gasteiger partial charge in [-0.3, -0.25) is 0 Å². The molecule has 1 heterocycles. The van der Waals surface area contributed by atoms with Gasteiger partial charge in [0, 0.05) is 11.9 Å². The Labute approximate surface area is 88.8 Å². The van der Waals surface area contributed by atoms with Crippen molar-refractivity contribution in [1.29, 1.82) is 0 Å². The second-order valence-electron chi connectivity index (χ2n) is 3.16. The zero-order valence-corrected chi connectivity index (χ0v) is 9.33. The monoisotopic (exact) mass is 217 g/mol. The number of hydrogen-bond donors (Lipinski definition) is 1. The summed E-state index contributed by atoms with van der Waals surface area (Å²) in [4.78, 5) is 1.46. The lowest BCUT2D eigenvalue weighted by Crippen LogP contribution is -2.28. The number of nitrogens with zero attached hydrogens (tertiary/aromatic N) is 4. The second kappa shape index (κ2) is 5.93. The van der Waals surface area contributed by atoms with Crippen molar-refractivity contribution in [3.05, 3.63) is 5.82 Å². The van der Waals surface area contributed by atoms with Gasteiger partial charge in [-0.1, -0.05) is 6.92 Å². The molecule has 1 unspecified atom stereocenters. The van der Waals surface area contributed by atoms with Crippen molar-refractivity contribution in [3.8, 4) is 0 Å². The molecular formula is C8H16ClN5. The Morgan fingerprint density at radius 3 is 2.86 bits per heavy atom. The van der Waals surface area contributed by atoms with Gasteiger partial charge in [0.05, 0.1) is 13.6 Å². The summed E-state index contributed by atoms with van der Waals surface area (Å²) in [6.45, 7) is 2.79. The lowest BCUT2D eigenvalue weighted by molar-refractivity contribution is 0.477. The van der Waals surface area contributed by atoms with Crippen molar-refractivity contribution in [1.82, 2.24) is 25.5 Å². The first-order chi connectivity index (χ1) is 6.76. The van der Waals surface area contributed by atoms with Crippen LogP contribution in [0.3, 0.4) is 0 Å². The minimum absolute atomic E-state index is 0.441. The van der Waals surface area contributed by atoms with Crippen molar-refractivity contribution in [3.63, 3.8) is 0 Å². The van der Waals surface area contributed by atoms with E-state index in [1.165, 1.54) is 4.80 Å². The average Bonchev–Trinajstić information content (AvgIpc) is 2.59. The third kappa shape index (κ3) is 3.59. The highest BCUT2D eigenvalue weighted by atomic mass is 35.5. The molecular weight excluding hydrogens is 202 g/mol. The molecule has 80 valence electrons. The highest BCUT2D eigenvalue weighted by Gasteiger charge is 2.06. The molecule has 1 aromatic heterocycles. The van der Waals surface area contributed by atoms with Crippen LogP contribution in [0.15, 0.2) is 0 Å². The Morgan fingerprint density at radius 2 is 2.36 bits per heavy atom. The summed E-state index contributed by atoms with van der Waals surface area (Å²) in [5.74, 6) is 1.40. The van der Waals surface area contributed by atoms with Gasteiger partial charge in [-0.15, -0.1) is 21.8 Å². The molecule has 0 bridgehead atoms. The number of nitrogens with one attached hydrogen (secondary N) is 1. The summed E-state index contributed by atoms with van der Waals surface area (Å²) in [5, 5.41) is 15.1. The van der Waals surface area contributed by atoms with Gasteiger partial charge < -0.3 is 5.32 Å². The third-order valence-corrected chi connectivity index (χ3v) is 2.27. The van der Waals surface area contributed by atoms with Crippen molar-refractivity contribution >= 4 is 11.6 Å². The molecule has 0 amide bonds. The van der Waals surface area contributed by atoms with Gasteiger partial charge in [-0.05, 0) is 18.1 Å². The SMILES string of the molecule is CCC(CCCl)NCc1nnn(C)n1. The first kappa shape index (κ1) is 11.4. The fourth-order valence-corrected chi connectivity index (χ4v) is 1.48. The summed E-state index contributed by atoms with van der Waals surface area (Å²) in [6.07, 6.45) is 2.03. The molecule has 0 aliphatic rings. The maximum absolute atomic E-state index is 5.67. The zero-order valence-electron chi connectivity index (χ0n) is 8.57. The van der Waals surface area contributed by atoms with E-state index in [0.29, 0.717) is 18.5 Å². The van der Waals surface area contributed by atoms with E-state index in [0.717, 1.165) is 18.7 Å². The highest BCUT2D eigenvalue weighted by Crippen LogP contribution is 2.00. The maximum Gasteiger partial charge on any atom is 0.188 e. The molecule has 1 rings (SSSR count). The standard InChI is InChI=1S/C8H16ClN5/c1-3-7(4-5-9)10-6-8-11-13-14(2)12-8/h7,10H,3-6H2,1-2H3. The maximum atomic E-state index is 5.67. The predicted octanol–water partition coefficient (Wildman–Crippen LogP) is 0.707. The molecule has 0 aliphatic carbocycles. The molecule has 5 nitrogen and oxygen atoms in total. The van der Waals surface area contributed by atoms with E-state index >= 15 is 0 Å². The molecule has 0 spiro atoms. The summed E-state index contributed by atoms with van der Waals surface area (Å²) in [5.41, 5.74) is 0. The minimum atomic E-state index is 0.441. The highest BCUT2D eigenvalue weighted by molar-refractivity contribution is 6.17. The molecule has 1 N–H and O–H groups in total. The summed E-state index contributed by atoms with van der Waals surface area (Å²) >= 11 is 5.67. The summed E-state index contributed by atoms with van der Waals surface area (Å²) < 4.78 is 0. The molecule has 0 saturated heterocycles. The van der Waals surface area contributed by atoms with Crippen molar-refractivity contribution in [2.24, 2.45) is 7.05 Å². The predicted molar refractivity (Wildman–Crippen MR) is 55.1 cm³/mol. The number of aromatic nitrogens is 4. The topological polar surface area (TPSA) is 55.6 Å². The number of halogens is 1. The Kier molecular flexibility index (Phi) is 4.82. The van der Waals surface area contributed by atoms with Crippen LogP contribution in [0.2, 0.25) is 0 Å². The fraction of sp³-hybridized carbons (Fsp3) is 0.875. The van der Waals surface area contributed by atoms with Gasteiger partial charge in [0.25, 0.3) is 0 Å². The van der Waals surface area contributed by atoms with E-state index in [-0.39, 0.29) is 0 Å². The van der Waals surface area contributed by atoms with Crippen molar-refractivity contribution in [2.75, 3.05) is 5.88 Å². The van der Waals surface area contributed by atoms with Crippen molar-refractivity contribution in [2.45, 2.75) is 32.4 Å². The number of rotatable bonds is 6. The molecule has 0 aromatic carbocycles. The normalized spacial score (nSPS) is 13.1. The van der Waals surface area contributed by atoms with Crippen LogP contribution in [0.25, 0.3) is 0 Å². The lowest BCUT2D eigenvalue weighted by atomic mass is 10.2. The minimum Gasteiger partial charge on any atom is -0.307 e. The smallest absolute Gasteiger partial charge is 0.188 e. The summed E-state index contributed by atoms with van der Waals surface area (Å²) in [7, 11) is 1.76. The average molecular weight is 218 g/mol. The first-order valence-electron chi connectivity index (χ1n) is 4.78. The molecule has 0 radical (unpaired) electrons. The lowest BCUT2D eigenvalue weighted by Gasteiger charge is -2.13. The quantitative estimate of drug-likeness (QED) is 0.713. The molecule has 6 heteroatoms. The van der Waals surface area contributed by atoms with Crippen LogP contribution in [0.4, 0.5) is 0 Å². The number of alkyl halides is 1. The number of hydrogen-bond acceptors (Lipinski definition) is 4. The van der Waals surface area contributed by atoms with Crippen molar-refractivity contribution < 1.29 is 0 Å². The largest absolute Gasteiger partial charge is 0.307 e. The summed E-state index contributed by atoms with van der Waals surface area (Å²) in [6, 6.07) is 0.441. The first-order valence-corrected chi connectivity index (χ1v) is 5.32. The molecule has 0 saturated carbocycles. The van der Waals surface area contributed by atoms with Crippen LogP contribution in [0.5, 0.6) is 0 Å². The molecule has 0 fully saturated rings. The van der Waals surface area contributed by atoms with Crippen LogP contribution in [0, 0.1) is 0 Å². The Morgan fingerprint density at radius 1 is 1.57 bits per heavy atom. The van der Waals surface area contributed by atoms with Crippen LogP contribution in [-0.4, -0.2) is 32.1 Å². The van der Waals surface area contributed by atoms with Gasteiger partial charge in [0.2, 0.25) is 0 Å². The fourth-order valence-electron chi connectivity index (χ4n) is 1.21. The Balaban J connectivity index is 2.31. The van der Waals surface area contributed by atoms with E-state index in [2.05, 4.69) is 27.7 Å². The van der Waals surface area contributed by atoms with Crippen LogP contribution >= 0.6 is 11.6 Å². The third-order valence-electron chi connectivity index (χ3n) is 2.05. The Bertz CT molecular complexity index is 262. The van der Waals surface area contributed by atoms with E-state index in [1.54, 1.807) is 7.05 Å². The molecule has 0 aliphatic heterocycles. The molecule has 1 aromatic rings. The zero-order chi connectivity index (χ0) is 10.4. The van der Waals surface area contributed by atoms with E-state index in [4.69, 9.17) is 11.6 Å². The molecule has 1 atom stereocenters. The van der Waals surface area contributed by atoms with E-state index in [1.807, 2.05) is 0 Å². The van der Waals surface area contributed by atoms with Crippen LogP contribution < -0.4 is 5.32 Å². The number of aryl methyl sites for hydroxylation is 1. The van der Waals surface area contributed by atoms with Crippen LogP contribution in [-0.2, 0) is 13.6 Å². The van der Waals surface area contributed by atoms with E-state index < -0.39 is 0 Å². The van der Waals surface area contributed by atoms with Gasteiger partial charge in [-0.2, -0.15) is 4.80 Å².